The lowest BCUT2D eigenvalue weighted by atomic mass is 10.1. The van der Waals surface area contributed by atoms with Gasteiger partial charge in [-0.15, -0.1) is 0 Å². The molecule has 4 aromatic rings. The van der Waals surface area contributed by atoms with Gasteiger partial charge in [-0.25, -0.2) is 9.97 Å². The van der Waals surface area contributed by atoms with E-state index in [1.54, 1.807) is 6.20 Å². The SMILES string of the molecule is Cc1ccc(-c2nccc(Nc3cccc(C(=O)NCCCc4ccccc4)c3)n2)cc1. The van der Waals surface area contributed by atoms with Crippen LogP contribution in [0.4, 0.5) is 11.5 Å². The van der Waals surface area contributed by atoms with Crippen molar-refractivity contribution in [3.63, 3.8) is 0 Å². The highest BCUT2D eigenvalue weighted by molar-refractivity contribution is 5.95. The molecule has 1 heterocycles. The van der Waals surface area contributed by atoms with Crippen LogP contribution in [-0.2, 0) is 6.42 Å². The Morgan fingerprint density at radius 1 is 0.906 bits per heavy atom. The number of aryl methyl sites for hydroxylation is 2. The van der Waals surface area contributed by atoms with Crippen molar-refractivity contribution in [1.82, 2.24) is 15.3 Å². The third-order valence-electron chi connectivity index (χ3n) is 5.13. The fourth-order valence-corrected chi connectivity index (χ4v) is 3.40. The Morgan fingerprint density at radius 3 is 2.53 bits per heavy atom. The van der Waals surface area contributed by atoms with E-state index >= 15 is 0 Å². The summed E-state index contributed by atoms with van der Waals surface area (Å²) in [5, 5.41) is 6.28. The summed E-state index contributed by atoms with van der Waals surface area (Å²) in [6.07, 6.45) is 3.57. The first-order valence-electron chi connectivity index (χ1n) is 10.8. The van der Waals surface area contributed by atoms with Crippen LogP contribution in [0, 0.1) is 6.92 Å². The Kier molecular flexibility index (Phi) is 6.88. The first-order valence-corrected chi connectivity index (χ1v) is 10.8. The van der Waals surface area contributed by atoms with E-state index in [9.17, 15) is 4.79 Å². The Bertz CT molecular complexity index is 1170. The second kappa shape index (κ2) is 10.4. The molecule has 0 aliphatic rings. The van der Waals surface area contributed by atoms with Gasteiger partial charge in [0, 0.05) is 29.6 Å². The Morgan fingerprint density at radius 2 is 1.72 bits per heavy atom. The molecule has 5 nitrogen and oxygen atoms in total. The fraction of sp³-hybridized carbons (Fsp3) is 0.148. The Hall–Kier alpha value is -3.99. The summed E-state index contributed by atoms with van der Waals surface area (Å²) in [7, 11) is 0. The van der Waals surface area contributed by atoms with Crippen LogP contribution in [0.1, 0.15) is 27.9 Å². The summed E-state index contributed by atoms with van der Waals surface area (Å²) in [6.45, 7) is 2.69. The van der Waals surface area contributed by atoms with Gasteiger partial charge in [-0.1, -0.05) is 66.2 Å². The van der Waals surface area contributed by atoms with Crippen LogP contribution in [-0.4, -0.2) is 22.4 Å². The van der Waals surface area contributed by atoms with Gasteiger partial charge in [-0.05, 0) is 49.6 Å². The van der Waals surface area contributed by atoms with E-state index in [0.717, 1.165) is 24.1 Å². The lowest BCUT2D eigenvalue weighted by molar-refractivity contribution is 0.0953. The van der Waals surface area contributed by atoms with E-state index in [4.69, 9.17) is 0 Å². The minimum atomic E-state index is -0.0789. The summed E-state index contributed by atoms with van der Waals surface area (Å²) in [4.78, 5) is 21.5. The number of amides is 1. The molecule has 0 radical (unpaired) electrons. The molecule has 0 unspecified atom stereocenters. The van der Waals surface area contributed by atoms with Crippen molar-refractivity contribution in [2.75, 3.05) is 11.9 Å². The van der Waals surface area contributed by atoms with Crippen molar-refractivity contribution < 1.29 is 4.79 Å². The van der Waals surface area contributed by atoms with Crippen LogP contribution >= 0.6 is 0 Å². The highest BCUT2D eigenvalue weighted by Gasteiger charge is 2.07. The molecular weight excluding hydrogens is 396 g/mol. The largest absolute Gasteiger partial charge is 0.352 e. The standard InChI is InChI=1S/C27H26N4O/c1-20-12-14-22(15-13-20)26-28-18-16-25(31-26)30-24-11-5-10-23(19-24)27(32)29-17-6-9-21-7-3-2-4-8-21/h2-5,7-8,10-16,18-19H,6,9,17H2,1H3,(H,29,32)(H,28,30,31). The Balaban J connectivity index is 1.36. The van der Waals surface area contributed by atoms with E-state index < -0.39 is 0 Å². The van der Waals surface area contributed by atoms with Crippen molar-refractivity contribution in [3.8, 4) is 11.4 Å². The lowest BCUT2D eigenvalue weighted by Gasteiger charge is -2.10. The van der Waals surface area contributed by atoms with Gasteiger partial charge in [0.2, 0.25) is 0 Å². The number of rotatable bonds is 8. The quantitative estimate of drug-likeness (QED) is 0.365. The topological polar surface area (TPSA) is 66.9 Å². The number of benzene rings is 3. The molecule has 4 rings (SSSR count). The zero-order chi connectivity index (χ0) is 22.2. The van der Waals surface area contributed by atoms with Crippen LogP contribution in [0.25, 0.3) is 11.4 Å². The maximum absolute atomic E-state index is 12.6. The van der Waals surface area contributed by atoms with E-state index in [2.05, 4.69) is 39.7 Å². The predicted octanol–water partition coefficient (Wildman–Crippen LogP) is 5.56. The van der Waals surface area contributed by atoms with Crippen molar-refractivity contribution in [1.29, 1.82) is 0 Å². The summed E-state index contributed by atoms with van der Waals surface area (Å²) in [5.41, 5.74) is 4.85. The van der Waals surface area contributed by atoms with Gasteiger partial charge >= 0.3 is 0 Å². The molecule has 32 heavy (non-hydrogen) atoms. The van der Waals surface area contributed by atoms with Crippen molar-refractivity contribution in [2.24, 2.45) is 0 Å². The van der Waals surface area contributed by atoms with Gasteiger partial charge in [-0.2, -0.15) is 0 Å². The van der Waals surface area contributed by atoms with Crippen LogP contribution in [0.3, 0.4) is 0 Å². The molecule has 0 saturated carbocycles. The minimum Gasteiger partial charge on any atom is -0.352 e. The van der Waals surface area contributed by atoms with E-state index in [1.807, 2.05) is 72.8 Å². The molecule has 5 heteroatoms. The maximum atomic E-state index is 12.6. The molecular formula is C27H26N4O. The molecule has 0 fully saturated rings. The molecule has 2 N–H and O–H groups in total. The number of hydrogen-bond acceptors (Lipinski definition) is 4. The number of carbonyl (C=O) groups is 1. The average molecular weight is 423 g/mol. The molecule has 0 aliphatic carbocycles. The van der Waals surface area contributed by atoms with Gasteiger partial charge in [0.15, 0.2) is 5.82 Å². The molecule has 0 spiro atoms. The molecule has 0 bridgehead atoms. The molecule has 160 valence electrons. The molecule has 1 aromatic heterocycles. The monoisotopic (exact) mass is 422 g/mol. The average Bonchev–Trinajstić information content (AvgIpc) is 2.83. The van der Waals surface area contributed by atoms with Crippen LogP contribution in [0.5, 0.6) is 0 Å². The molecule has 0 atom stereocenters. The molecule has 0 aliphatic heterocycles. The minimum absolute atomic E-state index is 0.0789. The normalized spacial score (nSPS) is 10.5. The first kappa shape index (κ1) is 21.2. The maximum Gasteiger partial charge on any atom is 0.251 e. The zero-order valence-electron chi connectivity index (χ0n) is 18.1. The van der Waals surface area contributed by atoms with Crippen LogP contribution < -0.4 is 10.6 Å². The summed E-state index contributed by atoms with van der Waals surface area (Å²) in [6, 6.07) is 27.6. The number of nitrogens with zero attached hydrogens (tertiary/aromatic N) is 2. The summed E-state index contributed by atoms with van der Waals surface area (Å²) >= 11 is 0. The number of carbonyl (C=O) groups excluding carboxylic acids is 1. The van der Waals surface area contributed by atoms with E-state index in [1.165, 1.54) is 11.1 Å². The highest BCUT2D eigenvalue weighted by Crippen LogP contribution is 2.20. The highest BCUT2D eigenvalue weighted by atomic mass is 16.1. The van der Waals surface area contributed by atoms with Gasteiger partial charge in [-0.3, -0.25) is 4.79 Å². The summed E-state index contributed by atoms with van der Waals surface area (Å²) < 4.78 is 0. The van der Waals surface area contributed by atoms with E-state index in [-0.39, 0.29) is 5.91 Å². The van der Waals surface area contributed by atoms with Crippen molar-refractivity contribution in [2.45, 2.75) is 19.8 Å². The summed E-state index contributed by atoms with van der Waals surface area (Å²) in [5.74, 6) is 1.25. The third-order valence-corrected chi connectivity index (χ3v) is 5.13. The van der Waals surface area contributed by atoms with Gasteiger partial charge < -0.3 is 10.6 Å². The number of hydrogen-bond donors (Lipinski definition) is 2. The van der Waals surface area contributed by atoms with Gasteiger partial charge in [0.25, 0.3) is 5.91 Å². The predicted molar refractivity (Wildman–Crippen MR) is 129 cm³/mol. The molecule has 1 amide bonds. The second-order valence-corrected chi connectivity index (χ2v) is 7.68. The second-order valence-electron chi connectivity index (χ2n) is 7.68. The molecule has 3 aromatic carbocycles. The number of anilines is 2. The van der Waals surface area contributed by atoms with Gasteiger partial charge in [0.05, 0.1) is 0 Å². The van der Waals surface area contributed by atoms with Gasteiger partial charge in [0.1, 0.15) is 5.82 Å². The lowest BCUT2D eigenvalue weighted by Crippen LogP contribution is -2.24. The smallest absolute Gasteiger partial charge is 0.251 e. The first-order chi connectivity index (χ1) is 15.7. The number of nitrogens with one attached hydrogen (secondary N) is 2. The third kappa shape index (κ3) is 5.79. The van der Waals surface area contributed by atoms with Crippen LogP contribution in [0.15, 0.2) is 91.1 Å². The Labute approximate surface area is 188 Å². The number of aromatic nitrogens is 2. The van der Waals surface area contributed by atoms with Crippen molar-refractivity contribution in [3.05, 3.63) is 108 Å². The van der Waals surface area contributed by atoms with Crippen molar-refractivity contribution >= 4 is 17.4 Å². The molecule has 0 saturated heterocycles. The fourth-order valence-electron chi connectivity index (χ4n) is 3.40. The zero-order valence-corrected chi connectivity index (χ0v) is 18.1. The van der Waals surface area contributed by atoms with Crippen LogP contribution in [0.2, 0.25) is 0 Å². The van der Waals surface area contributed by atoms with E-state index in [0.29, 0.717) is 23.8 Å².